The Morgan fingerprint density at radius 1 is 0.789 bits per heavy atom. The van der Waals surface area contributed by atoms with E-state index in [1.807, 2.05) is 0 Å². The highest BCUT2D eigenvalue weighted by Crippen LogP contribution is 2.26. The Morgan fingerprint density at radius 3 is 1.68 bits per heavy atom. The van der Waals surface area contributed by atoms with E-state index in [4.69, 9.17) is 18.7 Å². The van der Waals surface area contributed by atoms with Crippen molar-refractivity contribution in [2.45, 2.75) is 57.3 Å². The molecular formula is C12H33NO3Si3. The summed E-state index contributed by atoms with van der Waals surface area (Å²) < 4.78 is 17.7. The summed E-state index contributed by atoms with van der Waals surface area (Å²) in [6.07, 6.45) is 1.08. The highest BCUT2D eigenvalue weighted by atomic mass is 28.4. The van der Waals surface area contributed by atoms with Gasteiger partial charge in [-0.15, -0.1) is 0 Å². The maximum Gasteiger partial charge on any atom is 0.334 e. The van der Waals surface area contributed by atoms with Gasteiger partial charge in [0.25, 0.3) is 0 Å². The van der Waals surface area contributed by atoms with E-state index in [2.05, 4.69) is 32.7 Å². The lowest BCUT2D eigenvalue weighted by Gasteiger charge is -2.35. The fourth-order valence-electron chi connectivity index (χ4n) is 2.19. The molecule has 19 heavy (non-hydrogen) atoms. The largest absolute Gasteiger partial charge is 0.456 e. The second-order valence-electron chi connectivity index (χ2n) is 6.56. The van der Waals surface area contributed by atoms with E-state index in [1.165, 1.54) is 0 Å². The Hall–Kier alpha value is 0.491. The minimum absolute atomic E-state index is 0.764. The molecule has 0 saturated heterocycles. The van der Waals surface area contributed by atoms with Crippen LogP contribution in [0, 0.1) is 0 Å². The molecule has 0 heterocycles. The van der Waals surface area contributed by atoms with Crippen LogP contribution in [0.3, 0.4) is 0 Å². The lowest BCUT2D eigenvalue weighted by molar-refractivity contribution is 0.250. The normalized spacial score (nSPS) is 13.9. The van der Waals surface area contributed by atoms with Gasteiger partial charge in [0.1, 0.15) is 0 Å². The fraction of sp³-hybridized carbons (Fsp3) is 1.00. The highest BCUT2D eigenvalue weighted by Gasteiger charge is 2.37. The first-order valence-electron chi connectivity index (χ1n) is 7.10. The van der Waals surface area contributed by atoms with E-state index in [9.17, 15) is 0 Å². The van der Waals surface area contributed by atoms with Crippen molar-refractivity contribution in [3.8, 4) is 0 Å². The van der Waals surface area contributed by atoms with Gasteiger partial charge in [-0.3, -0.25) is 0 Å². The molecule has 116 valence electrons. The molecule has 0 radical (unpaired) electrons. The van der Waals surface area contributed by atoms with E-state index >= 15 is 0 Å². The van der Waals surface area contributed by atoms with Gasteiger partial charge in [-0.1, -0.05) is 0 Å². The zero-order valence-electron chi connectivity index (χ0n) is 13.8. The van der Waals surface area contributed by atoms with Crippen LogP contribution in [0.15, 0.2) is 0 Å². The van der Waals surface area contributed by atoms with Crippen LogP contribution in [0.2, 0.25) is 50.9 Å². The molecule has 0 amide bonds. The van der Waals surface area contributed by atoms with Crippen LogP contribution in [0.5, 0.6) is 0 Å². The van der Waals surface area contributed by atoms with Gasteiger partial charge in [0, 0.05) is 14.2 Å². The fourth-order valence-corrected chi connectivity index (χ4v) is 14.8. The van der Waals surface area contributed by atoms with Crippen molar-refractivity contribution in [2.75, 3.05) is 20.8 Å². The zero-order chi connectivity index (χ0) is 15.2. The molecule has 0 aromatic rings. The third kappa shape index (κ3) is 8.38. The molecule has 4 nitrogen and oxygen atoms in total. The lowest BCUT2D eigenvalue weighted by atomic mass is 10.5. The van der Waals surface area contributed by atoms with Gasteiger partial charge in [0.15, 0.2) is 16.6 Å². The van der Waals surface area contributed by atoms with Gasteiger partial charge in [-0.05, 0) is 63.8 Å². The molecular weight excluding hydrogens is 290 g/mol. The first-order chi connectivity index (χ1) is 8.60. The first kappa shape index (κ1) is 19.5. The standard InChI is InChI=1S/C12H33NO3Si3/c1-14-19(7,15-2)12-11-18(5,6)16-17(3,4)10-8-9-13/h8-13H2,1-7H3. The molecule has 0 aromatic heterocycles. The summed E-state index contributed by atoms with van der Waals surface area (Å²) in [7, 11) is -1.64. The summed E-state index contributed by atoms with van der Waals surface area (Å²) in [4.78, 5) is 0. The maximum atomic E-state index is 6.55. The van der Waals surface area contributed by atoms with Crippen molar-refractivity contribution < 1.29 is 13.0 Å². The SMILES string of the molecule is CO[Si](C)(CC[Si](C)(C)O[Si](C)(C)CCCN)OC. The smallest absolute Gasteiger partial charge is 0.334 e. The third-order valence-electron chi connectivity index (χ3n) is 3.58. The minimum Gasteiger partial charge on any atom is -0.456 e. The minimum atomic E-state index is -1.96. The Bertz CT molecular complexity index is 259. The number of nitrogens with two attached hydrogens (primary N) is 1. The molecule has 0 fully saturated rings. The summed E-state index contributed by atoms with van der Waals surface area (Å²) in [5, 5.41) is 0. The Morgan fingerprint density at radius 2 is 1.26 bits per heavy atom. The molecule has 0 bridgehead atoms. The Labute approximate surface area is 122 Å². The molecule has 0 unspecified atom stereocenters. The second kappa shape index (κ2) is 8.06. The number of rotatable bonds is 10. The van der Waals surface area contributed by atoms with Crippen molar-refractivity contribution in [1.82, 2.24) is 0 Å². The topological polar surface area (TPSA) is 53.7 Å². The van der Waals surface area contributed by atoms with Gasteiger partial charge in [-0.2, -0.15) is 0 Å². The lowest BCUT2D eigenvalue weighted by Crippen LogP contribution is -2.46. The van der Waals surface area contributed by atoms with Crippen LogP contribution in [0.25, 0.3) is 0 Å². The van der Waals surface area contributed by atoms with Crippen molar-refractivity contribution in [1.29, 1.82) is 0 Å². The molecule has 0 atom stereocenters. The second-order valence-corrected chi connectivity index (χ2v) is 19.0. The first-order valence-corrected chi connectivity index (χ1v) is 15.9. The van der Waals surface area contributed by atoms with E-state index in [1.54, 1.807) is 14.2 Å². The van der Waals surface area contributed by atoms with Crippen LogP contribution in [0.1, 0.15) is 6.42 Å². The Balaban J connectivity index is 4.38. The van der Waals surface area contributed by atoms with E-state index in [0.29, 0.717) is 0 Å². The number of hydrogen-bond acceptors (Lipinski definition) is 4. The summed E-state index contributed by atoms with van der Waals surface area (Å²) >= 11 is 0. The van der Waals surface area contributed by atoms with E-state index in [0.717, 1.165) is 31.1 Å². The summed E-state index contributed by atoms with van der Waals surface area (Å²) in [5.41, 5.74) is 5.60. The van der Waals surface area contributed by atoms with Crippen molar-refractivity contribution in [3.63, 3.8) is 0 Å². The van der Waals surface area contributed by atoms with Gasteiger partial charge >= 0.3 is 8.56 Å². The quantitative estimate of drug-likeness (QED) is 0.628. The van der Waals surface area contributed by atoms with Gasteiger partial charge < -0.3 is 18.7 Å². The molecule has 0 spiro atoms. The molecule has 0 rings (SSSR count). The van der Waals surface area contributed by atoms with E-state index in [-0.39, 0.29) is 0 Å². The summed E-state index contributed by atoms with van der Waals surface area (Å²) in [5.74, 6) is 0. The van der Waals surface area contributed by atoms with Crippen LogP contribution < -0.4 is 5.73 Å². The summed E-state index contributed by atoms with van der Waals surface area (Å²) in [6.45, 7) is 12.1. The van der Waals surface area contributed by atoms with Crippen LogP contribution in [-0.2, 0) is 13.0 Å². The van der Waals surface area contributed by atoms with Crippen LogP contribution >= 0.6 is 0 Å². The van der Waals surface area contributed by atoms with Crippen LogP contribution in [-0.4, -0.2) is 46.0 Å². The summed E-state index contributed by atoms with van der Waals surface area (Å²) in [6, 6.07) is 3.28. The molecule has 0 aliphatic heterocycles. The van der Waals surface area contributed by atoms with Crippen molar-refractivity contribution in [3.05, 3.63) is 0 Å². The molecule has 0 aromatic carbocycles. The molecule has 0 aliphatic carbocycles. The maximum absolute atomic E-state index is 6.55. The van der Waals surface area contributed by atoms with E-state index < -0.39 is 25.2 Å². The molecule has 7 heteroatoms. The van der Waals surface area contributed by atoms with Gasteiger partial charge in [0.05, 0.1) is 0 Å². The van der Waals surface area contributed by atoms with Crippen LogP contribution in [0.4, 0.5) is 0 Å². The monoisotopic (exact) mass is 323 g/mol. The predicted octanol–water partition coefficient (Wildman–Crippen LogP) is 3.13. The van der Waals surface area contributed by atoms with Gasteiger partial charge in [0.2, 0.25) is 0 Å². The molecule has 2 N–H and O–H groups in total. The number of hydrogen-bond donors (Lipinski definition) is 1. The average molecular weight is 324 g/mol. The zero-order valence-corrected chi connectivity index (χ0v) is 16.8. The van der Waals surface area contributed by atoms with Gasteiger partial charge in [-0.25, -0.2) is 0 Å². The van der Waals surface area contributed by atoms with Crippen molar-refractivity contribution >= 4 is 25.2 Å². The predicted molar refractivity (Wildman–Crippen MR) is 89.8 cm³/mol. The average Bonchev–Trinajstić information content (AvgIpc) is 2.32. The Kier molecular flexibility index (Phi) is 8.27. The highest BCUT2D eigenvalue weighted by molar-refractivity contribution is 6.85. The van der Waals surface area contributed by atoms with Crippen molar-refractivity contribution in [2.24, 2.45) is 5.73 Å². The molecule has 0 saturated carbocycles. The molecule has 0 aliphatic rings. The third-order valence-corrected chi connectivity index (χ3v) is 14.4.